The molecule has 0 fully saturated rings. The Morgan fingerprint density at radius 3 is 2.56 bits per heavy atom. The van der Waals surface area contributed by atoms with Gasteiger partial charge >= 0.3 is 0 Å². The lowest BCUT2D eigenvalue weighted by Gasteiger charge is -2.27. The first kappa shape index (κ1) is 23.3. The van der Waals surface area contributed by atoms with Crippen LogP contribution in [0.5, 0.6) is 11.5 Å². The monoisotopic (exact) mass is 439 g/mol. The zero-order valence-electron chi connectivity index (χ0n) is 18.4. The normalized spacial score (nSPS) is 16.0. The van der Waals surface area contributed by atoms with Crippen LogP contribution < -0.4 is 4.74 Å². The topological polar surface area (TPSA) is 96.3 Å². The summed E-state index contributed by atoms with van der Waals surface area (Å²) in [6.45, 7) is 2.89. The van der Waals surface area contributed by atoms with Crippen LogP contribution in [-0.4, -0.2) is 53.7 Å². The molecule has 0 spiro atoms. The number of phenols is 1. The van der Waals surface area contributed by atoms with E-state index in [1.165, 1.54) is 11.0 Å². The Labute approximate surface area is 187 Å². The van der Waals surface area contributed by atoms with Gasteiger partial charge in [0.15, 0.2) is 23.0 Å². The number of aromatic hydroxyl groups is 1. The molecule has 1 unspecified atom stereocenters. The molecule has 3 rings (SSSR count). The molecule has 7 nitrogen and oxygen atoms in total. The first-order valence-corrected chi connectivity index (χ1v) is 10.7. The predicted molar refractivity (Wildman–Crippen MR) is 120 cm³/mol. The number of Topliss-reactive ketones (excluding diaryl/α,β-unsaturated/α-hetero) is 1. The Morgan fingerprint density at radius 1 is 1.12 bits per heavy atom. The van der Waals surface area contributed by atoms with Crippen molar-refractivity contribution >= 4 is 11.7 Å². The minimum absolute atomic E-state index is 0.0315. The standard InChI is InChI=1S/C25H29NO6/c1-3-32-21-16-18(11-13-19(21)27)23-22(20(28)12-10-17-8-5-4-6-9-17)24(29)25(30)26(23)14-7-15-31-2/h4-6,8-9,11,13,16,23,27,29H,3,7,10,12,14-15H2,1-2H3. The van der Waals surface area contributed by atoms with E-state index in [-0.39, 0.29) is 29.3 Å². The largest absolute Gasteiger partial charge is 0.504 e. The number of aliphatic hydroxyl groups is 1. The predicted octanol–water partition coefficient (Wildman–Crippen LogP) is 3.72. The fraction of sp³-hybridized carbons (Fsp3) is 0.360. The molecule has 1 aliphatic heterocycles. The van der Waals surface area contributed by atoms with E-state index in [1.54, 1.807) is 26.2 Å². The second-order valence-corrected chi connectivity index (χ2v) is 7.58. The average molecular weight is 440 g/mol. The van der Waals surface area contributed by atoms with Gasteiger partial charge in [0.2, 0.25) is 0 Å². The maximum absolute atomic E-state index is 13.2. The number of nitrogens with zero attached hydrogens (tertiary/aromatic N) is 1. The fourth-order valence-electron chi connectivity index (χ4n) is 3.90. The first-order valence-electron chi connectivity index (χ1n) is 10.7. The lowest BCUT2D eigenvalue weighted by Crippen LogP contribution is -2.32. The lowest BCUT2D eigenvalue weighted by atomic mass is 9.93. The Morgan fingerprint density at radius 2 is 1.88 bits per heavy atom. The zero-order valence-corrected chi connectivity index (χ0v) is 18.4. The van der Waals surface area contributed by atoms with Crippen molar-refractivity contribution in [2.24, 2.45) is 0 Å². The number of amides is 1. The molecule has 1 aliphatic rings. The summed E-state index contributed by atoms with van der Waals surface area (Å²) in [7, 11) is 1.58. The van der Waals surface area contributed by atoms with Gasteiger partial charge in [-0.05, 0) is 43.0 Å². The van der Waals surface area contributed by atoms with Crippen molar-refractivity contribution in [2.45, 2.75) is 32.2 Å². The van der Waals surface area contributed by atoms with Crippen molar-refractivity contribution in [3.63, 3.8) is 0 Å². The van der Waals surface area contributed by atoms with Gasteiger partial charge < -0.3 is 24.6 Å². The van der Waals surface area contributed by atoms with E-state index < -0.39 is 17.7 Å². The van der Waals surface area contributed by atoms with Crippen LogP contribution in [-0.2, 0) is 20.7 Å². The molecular weight excluding hydrogens is 410 g/mol. The fourth-order valence-corrected chi connectivity index (χ4v) is 3.90. The number of aryl methyl sites for hydroxylation is 1. The minimum atomic E-state index is -0.762. The van der Waals surface area contributed by atoms with Crippen LogP contribution >= 0.6 is 0 Å². The molecule has 32 heavy (non-hydrogen) atoms. The number of rotatable bonds is 11. The Bertz CT molecular complexity index is 985. The summed E-state index contributed by atoms with van der Waals surface area (Å²) in [4.78, 5) is 27.6. The molecule has 1 amide bonds. The quantitative estimate of drug-likeness (QED) is 0.518. The van der Waals surface area contributed by atoms with Crippen molar-refractivity contribution in [3.8, 4) is 11.5 Å². The van der Waals surface area contributed by atoms with Gasteiger partial charge in [0.1, 0.15) is 0 Å². The Balaban J connectivity index is 1.94. The molecule has 0 saturated heterocycles. The number of phenolic OH excluding ortho intramolecular Hbond substituents is 1. The van der Waals surface area contributed by atoms with Gasteiger partial charge in [0, 0.05) is 26.7 Å². The Kier molecular flexibility index (Phi) is 7.89. The third-order valence-corrected chi connectivity index (χ3v) is 5.43. The highest BCUT2D eigenvalue weighted by molar-refractivity contribution is 6.09. The molecule has 7 heteroatoms. The van der Waals surface area contributed by atoms with Crippen molar-refractivity contribution in [1.29, 1.82) is 0 Å². The maximum atomic E-state index is 13.2. The summed E-state index contributed by atoms with van der Waals surface area (Å²) in [5, 5.41) is 20.8. The van der Waals surface area contributed by atoms with E-state index in [0.29, 0.717) is 38.2 Å². The first-order chi connectivity index (χ1) is 15.5. The molecule has 0 aromatic heterocycles. The number of carbonyl (C=O) groups excluding carboxylic acids is 2. The molecule has 2 aromatic carbocycles. The molecule has 1 heterocycles. The number of hydrogen-bond donors (Lipinski definition) is 2. The molecule has 170 valence electrons. The number of ketones is 1. The number of benzene rings is 2. The summed E-state index contributed by atoms with van der Waals surface area (Å²) in [6, 6.07) is 13.6. The van der Waals surface area contributed by atoms with Gasteiger partial charge in [-0.15, -0.1) is 0 Å². The third-order valence-electron chi connectivity index (χ3n) is 5.43. The van der Waals surface area contributed by atoms with E-state index in [0.717, 1.165) is 5.56 Å². The van der Waals surface area contributed by atoms with Crippen molar-refractivity contribution < 1.29 is 29.3 Å². The van der Waals surface area contributed by atoms with Gasteiger partial charge in [0.25, 0.3) is 5.91 Å². The highest BCUT2D eigenvalue weighted by Crippen LogP contribution is 2.41. The van der Waals surface area contributed by atoms with Gasteiger partial charge in [0.05, 0.1) is 18.2 Å². The molecular formula is C25H29NO6. The van der Waals surface area contributed by atoms with E-state index in [2.05, 4.69) is 0 Å². The average Bonchev–Trinajstić information content (AvgIpc) is 3.05. The number of hydrogen-bond acceptors (Lipinski definition) is 6. The molecule has 2 N–H and O–H groups in total. The van der Waals surface area contributed by atoms with E-state index in [4.69, 9.17) is 9.47 Å². The molecule has 2 aromatic rings. The molecule has 0 radical (unpaired) electrons. The van der Waals surface area contributed by atoms with Crippen LogP contribution in [0, 0.1) is 0 Å². The number of carbonyl (C=O) groups is 2. The Hall–Kier alpha value is -3.32. The second-order valence-electron chi connectivity index (χ2n) is 7.58. The van der Waals surface area contributed by atoms with Gasteiger partial charge in [-0.3, -0.25) is 9.59 Å². The van der Waals surface area contributed by atoms with E-state index >= 15 is 0 Å². The zero-order chi connectivity index (χ0) is 23.1. The molecule has 0 aliphatic carbocycles. The highest BCUT2D eigenvalue weighted by atomic mass is 16.5. The smallest absolute Gasteiger partial charge is 0.290 e. The number of ether oxygens (including phenoxy) is 2. The molecule has 0 saturated carbocycles. The third kappa shape index (κ3) is 5.11. The summed E-state index contributed by atoms with van der Waals surface area (Å²) in [5.74, 6) is -1.16. The van der Waals surface area contributed by atoms with Crippen LogP contribution in [0.2, 0.25) is 0 Å². The maximum Gasteiger partial charge on any atom is 0.290 e. The highest BCUT2D eigenvalue weighted by Gasteiger charge is 2.43. The summed E-state index contributed by atoms with van der Waals surface area (Å²) < 4.78 is 10.6. The van der Waals surface area contributed by atoms with Crippen LogP contribution in [0.25, 0.3) is 0 Å². The SMILES string of the molecule is CCOc1cc(C2C(C(=O)CCc3ccccc3)=C(O)C(=O)N2CCCOC)ccc1O. The summed E-state index contributed by atoms with van der Waals surface area (Å²) in [6.07, 6.45) is 1.21. The van der Waals surface area contributed by atoms with Crippen molar-refractivity contribution in [3.05, 3.63) is 71.0 Å². The summed E-state index contributed by atoms with van der Waals surface area (Å²) in [5.41, 5.74) is 1.67. The van der Waals surface area contributed by atoms with Gasteiger partial charge in [-0.1, -0.05) is 36.4 Å². The second kappa shape index (κ2) is 10.8. The van der Waals surface area contributed by atoms with Crippen molar-refractivity contribution in [1.82, 2.24) is 4.90 Å². The van der Waals surface area contributed by atoms with E-state index in [9.17, 15) is 19.8 Å². The van der Waals surface area contributed by atoms with Crippen LogP contribution in [0.3, 0.4) is 0 Å². The number of aliphatic hydroxyl groups excluding tert-OH is 1. The minimum Gasteiger partial charge on any atom is -0.504 e. The lowest BCUT2D eigenvalue weighted by molar-refractivity contribution is -0.129. The number of methoxy groups -OCH3 is 1. The van der Waals surface area contributed by atoms with Crippen LogP contribution in [0.15, 0.2) is 59.9 Å². The van der Waals surface area contributed by atoms with Gasteiger partial charge in [-0.2, -0.15) is 0 Å². The van der Waals surface area contributed by atoms with E-state index in [1.807, 2.05) is 30.3 Å². The van der Waals surface area contributed by atoms with Crippen molar-refractivity contribution in [2.75, 3.05) is 26.9 Å². The molecule has 1 atom stereocenters. The van der Waals surface area contributed by atoms with Crippen LogP contribution in [0.1, 0.15) is 36.9 Å². The summed E-state index contributed by atoms with van der Waals surface area (Å²) >= 11 is 0. The van der Waals surface area contributed by atoms with Gasteiger partial charge in [-0.25, -0.2) is 0 Å². The van der Waals surface area contributed by atoms with Crippen LogP contribution in [0.4, 0.5) is 0 Å². The molecule has 0 bridgehead atoms.